The van der Waals surface area contributed by atoms with Crippen LogP contribution in [0.25, 0.3) is 5.57 Å². The Morgan fingerprint density at radius 2 is 2.11 bits per heavy atom. The Kier molecular flexibility index (Phi) is 4.60. The standard InChI is InChI=1S/C22H25FN4/c1-14(25)20(13-24)21-12-17(7-8-26-21)27-9-3-6-22(27)19-11-16(23)10-15-4-2-5-18(15)19/h7-8,10-13,22H,1-6,9,24-25H2. The maximum absolute atomic E-state index is 14.2. The molecule has 0 spiro atoms. The molecule has 1 saturated heterocycles. The van der Waals surface area contributed by atoms with E-state index in [1.165, 1.54) is 17.3 Å². The lowest BCUT2D eigenvalue weighted by Gasteiger charge is -2.29. The van der Waals surface area contributed by atoms with Crippen molar-refractivity contribution < 1.29 is 4.39 Å². The van der Waals surface area contributed by atoms with Gasteiger partial charge in [-0.1, -0.05) is 6.58 Å². The van der Waals surface area contributed by atoms with Crippen molar-refractivity contribution >= 4 is 11.3 Å². The molecule has 2 heterocycles. The fourth-order valence-electron chi connectivity index (χ4n) is 4.50. The molecule has 5 heteroatoms. The fourth-order valence-corrected chi connectivity index (χ4v) is 4.50. The van der Waals surface area contributed by atoms with Gasteiger partial charge in [-0.25, -0.2) is 4.39 Å². The van der Waals surface area contributed by atoms with Crippen molar-refractivity contribution in [2.45, 2.75) is 38.1 Å². The van der Waals surface area contributed by atoms with E-state index >= 15 is 0 Å². The summed E-state index contributed by atoms with van der Waals surface area (Å²) in [4.78, 5) is 6.75. The summed E-state index contributed by atoms with van der Waals surface area (Å²) in [5, 5.41) is 0. The average Bonchev–Trinajstić information content (AvgIpc) is 3.30. The molecule has 1 aliphatic heterocycles. The highest BCUT2D eigenvalue weighted by molar-refractivity contribution is 5.76. The number of hydrogen-bond donors (Lipinski definition) is 2. The van der Waals surface area contributed by atoms with Gasteiger partial charge in [-0.15, -0.1) is 0 Å². The van der Waals surface area contributed by atoms with Gasteiger partial charge < -0.3 is 16.4 Å². The molecule has 2 aromatic rings. The number of aromatic nitrogens is 1. The number of nitrogens with two attached hydrogens (primary N) is 2. The summed E-state index contributed by atoms with van der Waals surface area (Å²) >= 11 is 0. The molecule has 4 rings (SSSR count). The van der Waals surface area contributed by atoms with Crippen molar-refractivity contribution in [1.82, 2.24) is 4.98 Å². The van der Waals surface area contributed by atoms with Gasteiger partial charge in [0.05, 0.1) is 11.7 Å². The van der Waals surface area contributed by atoms with E-state index in [0.717, 1.165) is 49.9 Å². The maximum Gasteiger partial charge on any atom is 0.123 e. The topological polar surface area (TPSA) is 68.2 Å². The first-order chi connectivity index (χ1) is 13.1. The molecule has 0 radical (unpaired) electrons. The minimum absolute atomic E-state index is 0.124. The first-order valence-corrected chi connectivity index (χ1v) is 9.49. The van der Waals surface area contributed by atoms with E-state index < -0.39 is 0 Å². The fraction of sp³-hybridized carbons (Fsp3) is 0.318. The summed E-state index contributed by atoms with van der Waals surface area (Å²) in [7, 11) is 0. The largest absolute Gasteiger partial charge is 0.404 e. The van der Waals surface area contributed by atoms with Crippen LogP contribution in [0, 0.1) is 5.82 Å². The number of fused-ring (bicyclic) bond motifs is 1. The van der Waals surface area contributed by atoms with Crippen LogP contribution in [0.2, 0.25) is 0 Å². The lowest BCUT2D eigenvalue weighted by atomic mass is 9.95. The molecule has 27 heavy (non-hydrogen) atoms. The molecule has 0 bridgehead atoms. The maximum atomic E-state index is 14.2. The second-order valence-electron chi connectivity index (χ2n) is 7.34. The molecule has 0 amide bonds. The van der Waals surface area contributed by atoms with Crippen LogP contribution in [-0.2, 0) is 12.8 Å². The lowest BCUT2D eigenvalue weighted by molar-refractivity contribution is 0.615. The molecule has 2 aliphatic rings. The molecular formula is C22H25FN4. The number of pyridine rings is 1. The van der Waals surface area contributed by atoms with Crippen molar-refractivity contribution in [3.8, 4) is 0 Å². The molecule has 4 nitrogen and oxygen atoms in total. The summed E-state index contributed by atoms with van der Waals surface area (Å²) in [6.07, 6.45) is 8.45. The zero-order chi connectivity index (χ0) is 19.0. The van der Waals surface area contributed by atoms with Gasteiger partial charge in [-0.2, -0.15) is 0 Å². The van der Waals surface area contributed by atoms with Crippen LogP contribution in [0.3, 0.4) is 0 Å². The highest BCUT2D eigenvalue weighted by Gasteiger charge is 2.30. The van der Waals surface area contributed by atoms with Crippen LogP contribution in [0.1, 0.15) is 47.7 Å². The average molecular weight is 364 g/mol. The molecule has 0 saturated carbocycles. The number of nitrogens with zero attached hydrogens (tertiary/aromatic N) is 2. The molecule has 1 unspecified atom stereocenters. The van der Waals surface area contributed by atoms with E-state index in [1.54, 1.807) is 18.3 Å². The van der Waals surface area contributed by atoms with Crippen molar-refractivity contribution in [1.29, 1.82) is 0 Å². The normalized spacial score (nSPS) is 19.4. The minimum atomic E-state index is -0.124. The van der Waals surface area contributed by atoms with E-state index in [2.05, 4.69) is 16.5 Å². The highest BCUT2D eigenvalue weighted by atomic mass is 19.1. The van der Waals surface area contributed by atoms with E-state index in [4.69, 9.17) is 11.5 Å². The zero-order valence-corrected chi connectivity index (χ0v) is 15.4. The van der Waals surface area contributed by atoms with Gasteiger partial charge in [0.1, 0.15) is 5.82 Å². The second-order valence-corrected chi connectivity index (χ2v) is 7.34. The molecule has 1 atom stereocenters. The van der Waals surface area contributed by atoms with Gasteiger partial charge >= 0.3 is 0 Å². The summed E-state index contributed by atoms with van der Waals surface area (Å²) in [6.45, 7) is 4.71. The summed E-state index contributed by atoms with van der Waals surface area (Å²) in [5.41, 5.74) is 18.0. The molecule has 1 fully saturated rings. The van der Waals surface area contributed by atoms with Crippen molar-refractivity contribution in [2.24, 2.45) is 11.5 Å². The van der Waals surface area contributed by atoms with Crippen molar-refractivity contribution in [3.05, 3.63) is 77.1 Å². The van der Waals surface area contributed by atoms with Crippen molar-refractivity contribution in [2.75, 3.05) is 11.4 Å². The van der Waals surface area contributed by atoms with Gasteiger partial charge in [0.15, 0.2) is 0 Å². The first-order valence-electron chi connectivity index (χ1n) is 9.49. The number of allylic oxidation sites excluding steroid dienone is 1. The van der Waals surface area contributed by atoms with E-state index in [9.17, 15) is 4.39 Å². The van der Waals surface area contributed by atoms with E-state index in [0.29, 0.717) is 17.0 Å². The Hall–Kier alpha value is -2.82. The Bertz CT molecular complexity index is 919. The monoisotopic (exact) mass is 364 g/mol. The number of benzene rings is 1. The van der Waals surface area contributed by atoms with Crippen LogP contribution in [0.5, 0.6) is 0 Å². The molecule has 1 aliphatic carbocycles. The van der Waals surface area contributed by atoms with Crippen LogP contribution in [-0.4, -0.2) is 11.5 Å². The van der Waals surface area contributed by atoms with Crippen LogP contribution < -0.4 is 16.4 Å². The third-order valence-corrected chi connectivity index (χ3v) is 5.69. The summed E-state index contributed by atoms with van der Waals surface area (Å²) < 4.78 is 14.2. The van der Waals surface area contributed by atoms with Gasteiger partial charge in [0, 0.05) is 35.9 Å². The quantitative estimate of drug-likeness (QED) is 0.809. The highest BCUT2D eigenvalue weighted by Crippen LogP contribution is 2.41. The van der Waals surface area contributed by atoms with Gasteiger partial charge in [-0.05, 0) is 73.1 Å². The van der Waals surface area contributed by atoms with E-state index in [1.807, 2.05) is 12.1 Å². The predicted molar refractivity (Wildman–Crippen MR) is 107 cm³/mol. The van der Waals surface area contributed by atoms with E-state index in [-0.39, 0.29) is 11.9 Å². The number of aryl methyl sites for hydroxylation is 1. The number of rotatable bonds is 4. The Morgan fingerprint density at radius 3 is 2.89 bits per heavy atom. The first kappa shape index (κ1) is 17.6. The Morgan fingerprint density at radius 1 is 1.26 bits per heavy atom. The SMILES string of the molecule is C=C(N)C(=CN)c1cc(N2CCCC2c2cc(F)cc3c2CCC3)ccn1. The lowest BCUT2D eigenvalue weighted by Crippen LogP contribution is -2.24. The summed E-state index contributed by atoms with van der Waals surface area (Å²) in [6, 6.07) is 7.63. The second kappa shape index (κ2) is 7.06. The Labute approximate surface area is 159 Å². The minimum Gasteiger partial charge on any atom is -0.404 e. The van der Waals surface area contributed by atoms with Crippen molar-refractivity contribution in [3.63, 3.8) is 0 Å². The molecule has 1 aromatic carbocycles. The number of anilines is 1. The Balaban J connectivity index is 1.72. The van der Waals surface area contributed by atoms with Gasteiger partial charge in [-0.3, -0.25) is 4.98 Å². The van der Waals surface area contributed by atoms with Gasteiger partial charge in [0.25, 0.3) is 0 Å². The van der Waals surface area contributed by atoms with Crippen LogP contribution in [0.15, 0.2) is 48.9 Å². The zero-order valence-electron chi connectivity index (χ0n) is 15.4. The molecule has 1 aromatic heterocycles. The third kappa shape index (κ3) is 3.18. The summed E-state index contributed by atoms with van der Waals surface area (Å²) in [5.74, 6) is -0.124. The van der Waals surface area contributed by atoms with Gasteiger partial charge in [0.2, 0.25) is 0 Å². The molecule has 4 N–H and O–H groups in total. The smallest absolute Gasteiger partial charge is 0.123 e. The number of halogens is 1. The molecular weight excluding hydrogens is 339 g/mol. The van der Waals surface area contributed by atoms with Crippen LogP contribution in [0.4, 0.5) is 10.1 Å². The predicted octanol–water partition coefficient (Wildman–Crippen LogP) is 3.82. The third-order valence-electron chi connectivity index (χ3n) is 5.69. The van der Waals surface area contributed by atoms with Crippen LogP contribution >= 0.6 is 0 Å². The number of hydrogen-bond acceptors (Lipinski definition) is 4. The molecule has 140 valence electrons.